The van der Waals surface area contributed by atoms with Gasteiger partial charge in [0, 0.05) is 19.3 Å². The fourth-order valence-corrected chi connectivity index (χ4v) is 10.7. The van der Waals surface area contributed by atoms with Crippen LogP contribution in [0.5, 0.6) is 0 Å². The lowest BCUT2D eigenvalue weighted by Gasteiger charge is -2.45. The minimum absolute atomic E-state index is 0.0604. The van der Waals surface area contributed by atoms with Gasteiger partial charge in [0.1, 0.15) is 37.6 Å². The van der Waals surface area contributed by atoms with E-state index < -0.39 is 69.8 Å². The van der Waals surface area contributed by atoms with Crippen molar-refractivity contribution in [3.63, 3.8) is 0 Å². The van der Waals surface area contributed by atoms with E-state index >= 15 is 0 Å². The number of aliphatic hydroxyl groups is 3. The van der Waals surface area contributed by atoms with Crippen LogP contribution in [0.4, 0.5) is 0 Å². The SMILES string of the molecule is CC1(O)OOC(c2ccccc2)(c2ccccc2)CC1C(=O)OCc1cc(COC(=O)C2CC(c3ccccc3)(c3ccccc3)OOC2(C)O)cc(COC(=O)C2CC(c3ccccc3)(c3ccccc3)OOC2(C)O)c1. The summed E-state index contributed by atoms with van der Waals surface area (Å²) in [7, 11) is 0. The fourth-order valence-electron chi connectivity index (χ4n) is 10.7. The lowest BCUT2D eigenvalue weighted by atomic mass is 9.76. The van der Waals surface area contributed by atoms with Gasteiger partial charge in [0.2, 0.25) is 17.4 Å². The fraction of sp³-hybridized carbons (Fsp3) is 0.286. The highest BCUT2D eigenvalue weighted by Gasteiger charge is 2.57. The Balaban J connectivity index is 0.927. The van der Waals surface area contributed by atoms with Crippen molar-refractivity contribution >= 4 is 17.9 Å². The first-order chi connectivity index (χ1) is 37.5. The number of esters is 3. The van der Waals surface area contributed by atoms with Crippen molar-refractivity contribution in [3.8, 4) is 0 Å². The third-order valence-electron chi connectivity index (χ3n) is 15.0. The summed E-state index contributed by atoms with van der Waals surface area (Å²) in [6, 6.07) is 60.4. The Hall–Kier alpha value is -7.41. The van der Waals surface area contributed by atoms with Crippen molar-refractivity contribution in [1.29, 1.82) is 0 Å². The summed E-state index contributed by atoms with van der Waals surface area (Å²) in [4.78, 5) is 78.3. The molecule has 15 heteroatoms. The van der Waals surface area contributed by atoms with Crippen molar-refractivity contribution in [2.45, 2.75) is 94.0 Å². The monoisotopic (exact) mass is 1060 g/mol. The van der Waals surface area contributed by atoms with Crippen LogP contribution in [0.3, 0.4) is 0 Å². The minimum atomic E-state index is -2.11. The molecule has 0 radical (unpaired) electrons. The maximum Gasteiger partial charge on any atom is 0.315 e. The molecule has 3 fully saturated rings. The number of hydrogen-bond acceptors (Lipinski definition) is 15. The van der Waals surface area contributed by atoms with Gasteiger partial charge in [0.25, 0.3) is 0 Å². The van der Waals surface area contributed by atoms with Gasteiger partial charge in [-0.1, -0.05) is 182 Å². The van der Waals surface area contributed by atoms with Gasteiger partial charge in [0.05, 0.1) is 0 Å². The summed E-state index contributed by atoms with van der Waals surface area (Å²) in [5.74, 6) is -12.5. The summed E-state index contributed by atoms with van der Waals surface area (Å²) in [5, 5.41) is 34.7. The Morgan fingerprint density at radius 2 is 0.551 bits per heavy atom. The molecule has 0 aliphatic carbocycles. The summed E-state index contributed by atoms with van der Waals surface area (Å²) in [6.07, 6.45) is -0.181. The van der Waals surface area contributed by atoms with E-state index in [1.165, 1.54) is 20.8 Å². The van der Waals surface area contributed by atoms with E-state index in [-0.39, 0.29) is 39.1 Å². The maximum atomic E-state index is 14.4. The Bertz CT molecular complexity index is 2700. The largest absolute Gasteiger partial charge is 0.460 e. The molecule has 7 aromatic rings. The number of hydrogen-bond donors (Lipinski definition) is 3. The molecular formula is C63H60O15. The zero-order valence-corrected chi connectivity index (χ0v) is 43.3. The average Bonchev–Trinajstić information content (AvgIpc) is 3.53. The molecule has 0 bridgehead atoms. The van der Waals surface area contributed by atoms with Crippen molar-refractivity contribution < 1.29 is 73.2 Å². The Kier molecular flexibility index (Phi) is 15.3. The number of carbonyl (C=O) groups is 3. The molecule has 15 nitrogen and oxygen atoms in total. The van der Waals surface area contributed by atoms with Crippen LogP contribution in [0.15, 0.2) is 200 Å². The molecule has 3 heterocycles. The van der Waals surface area contributed by atoms with E-state index in [4.69, 9.17) is 43.5 Å². The van der Waals surface area contributed by atoms with Crippen LogP contribution in [0.25, 0.3) is 0 Å². The normalized spacial score (nSPS) is 25.2. The van der Waals surface area contributed by atoms with Crippen molar-refractivity contribution in [1.82, 2.24) is 0 Å². The second-order valence-electron chi connectivity index (χ2n) is 20.6. The smallest absolute Gasteiger partial charge is 0.315 e. The molecule has 402 valence electrons. The van der Waals surface area contributed by atoms with Crippen LogP contribution in [0, 0.1) is 17.8 Å². The van der Waals surface area contributed by atoms with Gasteiger partial charge < -0.3 is 29.5 Å². The van der Waals surface area contributed by atoms with Gasteiger partial charge >= 0.3 is 17.9 Å². The molecule has 78 heavy (non-hydrogen) atoms. The summed E-state index contributed by atoms with van der Waals surface area (Å²) in [5.41, 5.74) is 1.39. The predicted molar refractivity (Wildman–Crippen MR) is 280 cm³/mol. The minimum Gasteiger partial charge on any atom is -0.460 e. The zero-order valence-electron chi connectivity index (χ0n) is 43.3. The average molecular weight is 1060 g/mol. The van der Waals surface area contributed by atoms with E-state index in [9.17, 15) is 29.7 Å². The molecule has 6 unspecified atom stereocenters. The second-order valence-corrected chi connectivity index (χ2v) is 20.6. The van der Waals surface area contributed by atoms with Crippen LogP contribution in [-0.2, 0) is 94.5 Å². The third-order valence-corrected chi connectivity index (χ3v) is 15.0. The highest BCUT2D eigenvalue weighted by Crippen LogP contribution is 2.50. The molecule has 0 saturated carbocycles. The third kappa shape index (κ3) is 10.9. The molecule has 3 aliphatic rings. The van der Waals surface area contributed by atoms with Crippen molar-refractivity contribution in [2.24, 2.45) is 17.8 Å². The maximum absolute atomic E-state index is 14.4. The highest BCUT2D eigenvalue weighted by molar-refractivity contribution is 5.75. The first kappa shape index (κ1) is 54.0. The van der Waals surface area contributed by atoms with E-state index in [2.05, 4.69) is 0 Å². The van der Waals surface area contributed by atoms with E-state index in [1.54, 1.807) is 18.2 Å². The second kappa shape index (κ2) is 22.1. The lowest BCUT2D eigenvalue weighted by Crippen LogP contribution is -2.53. The zero-order chi connectivity index (χ0) is 54.6. The Labute approximate surface area is 451 Å². The molecule has 7 aromatic carbocycles. The van der Waals surface area contributed by atoms with Gasteiger partial charge in [-0.2, -0.15) is 14.7 Å². The van der Waals surface area contributed by atoms with Crippen LogP contribution < -0.4 is 0 Å². The molecule has 3 aliphatic heterocycles. The Morgan fingerprint density at radius 1 is 0.359 bits per heavy atom. The van der Waals surface area contributed by atoms with Gasteiger partial charge in [-0.05, 0) is 89.0 Å². The van der Waals surface area contributed by atoms with Crippen LogP contribution in [0.1, 0.15) is 90.1 Å². The summed E-state index contributed by atoms with van der Waals surface area (Å²) < 4.78 is 18.0. The molecule has 0 spiro atoms. The van der Waals surface area contributed by atoms with Crippen molar-refractivity contribution in [2.75, 3.05) is 0 Å². The standard InChI is InChI=1S/C63H60O15/c1-58(67)52(37-61(76-73-58,46-22-10-4-11-23-46)47-24-12-5-13-25-47)55(64)70-40-43-34-44(41-71-56(65)53-38-62(77-74-59(53,2)68,48-26-14-6-15-27-48)49-28-16-7-17-29-49)36-45(35-43)42-72-57(66)54-39-63(78-75-60(54,3)69,50-30-18-8-19-31-50)51-32-20-9-21-33-51/h4-36,52-54,67-69H,37-42H2,1-3H3. The first-order valence-electron chi connectivity index (χ1n) is 25.8. The molecular weight excluding hydrogens is 997 g/mol. The molecule has 10 rings (SSSR count). The van der Waals surface area contributed by atoms with E-state index in [1.807, 2.05) is 182 Å². The van der Waals surface area contributed by atoms with Gasteiger partial charge in [0.15, 0.2) is 16.8 Å². The van der Waals surface area contributed by atoms with E-state index in [0.29, 0.717) is 50.1 Å². The Morgan fingerprint density at radius 3 is 0.744 bits per heavy atom. The van der Waals surface area contributed by atoms with Crippen LogP contribution in [0.2, 0.25) is 0 Å². The molecule has 3 N–H and O–H groups in total. The predicted octanol–water partition coefficient (Wildman–Crippen LogP) is 9.68. The van der Waals surface area contributed by atoms with Gasteiger partial charge in [-0.15, -0.1) is 0 Å². The van der Waals surface area contributed by atoms with Crippen LogP contribution in [-0.4, -0.2) is 50.6 Å². The molecule has 3 saturated heterocycles. The summed E-state index contributed by atoms with van der Waals surface area (Å²) >= 11 is 0. The number of rotatable bonds is 15. The quantitative estimate of drug-likeness (QED) is 0.0499. The highest BCUT2D eigenvalue weighted by atomic mass is 17.2. The van der Waals surface area contributed by atoms with E-state index in [0.717, 1.165) is 0 Å². The lowest BCUT2D eigenvalue weighted by molar-refractivity contribution is -0.489. The summed E-state index contributed by atoms with van der Waals surface area (Å²) in [6.45, 7) is 2.94. The number of benzene rings is 7. The number of ether oxygens (including phenoxy) is 3. The first-order valence-corrected chi connectivity index (χ1v) is 25.8. The van der Waals surface area contributed by atoms with Crippen LogP contribution >= 0.6 is 0 Å². The molecule has 6 atom stereocenters. The van der Waals surface area contributed by atoms with Gasteiger partial charge in [-0.3, -0.25) is 14.4 Å². The molecule has 0 amide bonds. The topological polar surface area (TPSA) is 195 Å². The molecule has 0 aromatic heterocycles. The number of carbonyl (C=O) groups excluding carboxylic acids is 3. The van der Waals surface area contributed by atoms with Crippen molar-refractivity contribution in [3.05, 3.63) is 250 Å². The van der Waals surface area contributed by atoms with Gasteiger partial charge in [-0.25, -0.2) is 14.7 Å².